The van der Waals surface area contributed by atoms with Crippen LogP contribution in [0.15, 0.2) is 30.3 Å². The summed E-state index contributed by atoms with van der Waals surface area (Å²) >= 11 is 7.38. The molecule has 1 aromatic heterocycles. The van der Waals surface area contributed by atoms with Crippen molar-refractivity contribution in [1.82, 2.24) is 0 Å². The van der Waals surface area contributed by atoms with Gasteiger partial charge in [0.1, 0.15) is 5.00 Å². The van der Waals surface area contributed by atoms with Gasteiger partial charge in [-0.05, 0) is 37.1 Å². The van der Waals surface area contributed by atoms with Crippen LogP contribution < -0.4 is 5.32 Å². The number of anilines is 1. The van der Waals surface area contributed by atoms with E-state index < -0.39 is 5.97 Å². The quantitative estimate of drug-likeness (QED) is 0.655. The molecule has 0 aliphatic rings. The third-order valence-corrected chi connectivity index (χ3v) is 4.80. The monoisotopic (exact) mass is 349 g/mol. The number of aryl methyl sites for hydroxylation is 1. The molecule has 0 saturated carbocycles. The van der Waals surface area contributed by atoms with Crippen molar-refractivity contribution in [3.8, 4) is 0 Å². The van der Waals surface area contributed by atoms with Crippen LogP contribution in [0.4, 0.5) is 5.00 Å². The smallest absolute Gasteiger partial charge is 0.341 e. The number of carbonyl (C=O) groups excluding carboxylic acids is 2. The number of hydrogen-bond acceptors (Lipinski definition) is 4. The van der Waals surface area contributed by atoms with Gasteiger partial charge in [0, 0.05) is 16.0 Å². The van der Waals surface area contributed by atoms with Crippen molar-refractivity contribution >= 4 is 45.9 Å². The lowest BCUT2D eigenvalue weighted by molar-refractivity contribution is -0.111. The third-order valence-electron chi connectivity index (χ3n) is 3.33. The van der Waals surface area contributed by atoms with E-state index in [9.17, 15) is 9.59 Å². The van der Waals surface area contributed by atoms with Crippen molar-refractivity contribution in [2.45, 2.75) is 13.8 Å². The molecule has 6 heteroatoms. The Kier molecular flexibility index (Phi) is 5.58. The highest BCUT2D eigenvalue weighted by Gasteiger charge is 2.20. The number of nitrogens with one attached hydrogen (secondary N) is 1. The van der Waals surface area contributed by atoms with Crippen LogP contribution >= 0.6 is 22.9 Å². The first-order valence-electron chi connectivity index (χ1n) is 6.86. The second kappa shape index (κ2) is 7.44. The lowest BCUT2D eigenvalue weighted by atomic mass is 10.1. The number of halogens is 1. The van der Waals surface area contributed by atoms with Crippen molar-refractivity contribution in [3.63, 3.8) is 0 Å². The van der Waals surface area contributed by atoms with Gasteiger partial charge in [0.15, 0.2) is 0 Å². The molecule has 120 valence electrons. The van der Waals surface area contributed by atoms with Gasteiger partial charge in [0.05, 0.1) is 12.7 Å². The Morgan fingerprint density at radius 3 is 2.61 bits per heavy atom. The number of methoxy groups -OCH3 is 1. The van der Waals surface area contributed by atoms with Crippen LogP contribution in [0.3, 0.4) is 0 Å². The maximum atomic E-state index is 12.1. The average Bonchev–Trinajstić information content (AvgIpc) is 2.80. The molecule has 23 heavy (non-hydrogen) atoms. The summed E-state index contributed by atoms with van der Waals surface area (Å²) in [7, 11) is 1.32. The van der Waals surface area contributed by atoms with E-state index in [0.29, 0.717) is 15.6 Å². The summed E-state index contributed by atoms with van der Waals surface area (Å²) in [5.74, 6) is -0.798. The van der Waals surface area contributed by atoms with Gasteiger partial charge in [-0.3, -0.25) is 4.79 Å². The first-order valence-corrected chi connectivity index (χ1v) is 8.05. The number of thiophene rings is 1. The summed E-state index contributed by atoms with van der Waals surface area (Å²) in [6.07, 6.45) is 3.01. The van der Waals surface area contributed by atoms with Crippen LogP contribution in [0.25, 0.3) is 6.08 Å². The van der Waals surface area contributed by atoms with Crippen molar-refractivity contribution in [3.05, 3.63) is 56.9 Å². The predicted octanol–water partition coefficient (Wildman–Crippen LogP) is 4.46. The third kappa shape index (κ3) is 4.00. The minimum absolute atomic E-state index is 0.337. The fraction of sp³-hybridized carbons (Fsp3) is 0.176. The highest BCUT2D eigenvalue weighted by molar-refractivity contribution is 7.16. The van der Waals surface area contributed by atoms with E-state index in [0.717, 1.165) is 16.0 Å². The number of carbonyl (C=O) groups is 2. The molecule has 2 rings (SSSR count). The van der Waals surface area contributed by atoms with Gasteiger partial charge >= 0.3 is 5.97 Å². The zero-order chi connectivity index (χ0) is 17.0. The molecule has 0 saturated heterocycles. The maximum Gasteiger partial charge on any atom is 0.341 e. The molecule has 0 unspecified atom stereocenters. The minimum atomic E-state index is -0.461. The number of rotatable bonds is 4. The Balaban J connectivity index is 2.20. The lowest BCUT2D eigenvalue weighted by Crippen LogP contribution is -2.11. The van der Waals surface area contributed by atoms with Gasteiger partial charge in [-0.15, -0.1) is 11.3 Å². The van der Waals surface area contributed by atoms with Crippen LogP contribution in [0.1, 0.15) is 26.4 Å². The fourth-order valence-electron chi connectivity index (χ4n) is 1.99. The number of hydrogen-bond donors (Lipinski definition) is 1. The topological polar surface area (TPSA) is 55.4 Å². The summed E-state index contributed by atoms with van der Waals surface area (Å²) in [5, 5.41) is 3.78. The molecule has 0 aliphatic carbocycles. The van der Waals surface area contributed by atoms with Crippen molar-refractivity contribution in [2.75, 3.05) is 12.4 Å². The Morgan fingerprint density at radius 2 is 1.96 bits per heavy atom. The van der Waals surface area contributed by atoms with E-state index in [1.807, 2.05) is 32.0 Å². The molecule has 0 spiro atoms. The summed E-state index contributed by atoms with van der Waals surface area (Å²) in [4.78, 5) is 24.9. The van der Waals surface area contributed by atoms with Crippen LogP contribution in [0.5, 0.6) is 0 Å². The van der Waals surface area contributed by atoms with Crippen molar-refractivity contribution < 1.29 is 14.3 Å². The average molecular weight is 350 g/mol. The summed E-state index contributed by atoms with van der Waals surface area (Å²) in [6, 6.07) is 7.22. The highest BCUT2D eigenvalue weighted by Crippen LogP contribution is 2.33. The van der Waals surface area contributed by atoms with Gasteiger partial charge in [-0.1, -0.05) is 29.8 Å². The summed E-state index contributed by atoms with van der Waals surface area (Å²) in [6.45, 7) is 3.72. The van der Waals surface area contributed by atoms with Gasteiger partial charge < -0.3 is 10.1 Å². The van der Waals surface area contributed by atoms with Crippen molar-refractivity contribution in [2.24, 2.45) is 0 Å². The van der Waals surface area contributed by atoms with E-state index in [-0.39, 0.29) is 5.91 Å². The van der Waals surface area contributed by atoms with Crippen LogP contribution in [-0.2, 0) is 9.53 Å². The van der Waals surface area contributed by atoms with E-state index in [2.05, 4.69) is 5.32 Å². The zero-order valence-electron chi connectivity index (χ0n) is 13.0. The van der Waals surface area contributed by atoms with Crippen LogP contribution in [0.2, 0.25) is 5.02 Å². The Bertz CT molecular complexity index is 780. The maximum absolute atomic E-state index is 12.1. The van der Waals surface area contributed by atoms with Crippen LogP contribution in [0, 0.1) is 13.8 Å². The number of esters is 1. The summed E-state index contributed by atoms with van der Waals surface area (Å²) in [5.41, 5.74) is 1.96. The molecule has 1 heterocycles. The van der Waals surface area contributed by atoms with Gasteiger partial charge in [-0.2, -0.15) is 0 Å². The van der Waals surface area contributed by atoms with Crippen LogP contribution in [-0.4, -0.2) is 19.0 Å². The molecule has 1 aromatic carbocycles. The number of benzene rings is 1. The molecular weight excluding hydrogens is 334 g/mol. The number of amides is 1. The zero-order valence-corrected chi connectivity index (χ0v) is 14.5. The van der Waals surface area contributed by atoms with E-state index in [4.69, 9.17) is 16.3 Å². The molecular formula is C17H16ClNO3S. The molecule has 1 amide bonds. The van der Waals surface area contributed by atoms with E-state index >= 15 is 0 Å². The molecule has 0 bridgehead atoms. The highest BCUT2D eigenvalue weighted by atomic mass is 35.5. The predicted molar refractivity (Wildman–Crippen MR) is 94.2 cm³/mol. The van der Waals surface area contributed by atoms with Crippen molar-refractivity contribution in [1.29, 1.82) is 0 Å². The molecule has 0 aliphatic heterocycles. The Hall–Kier alpha value is -2.11. The SMILES string of the molecule is COC(=O)c1c(NC(=O)C=Cc2ccccc2Cl)sc(C)c1C. The first-order chi connectivity index (χ1) is 10.9. The lowest BCUT2D eigenvalue weighted by Gasteiger charge is -2.04. The second-order valence-corrected chi connectivity index (χ2v) is 6.45. The van der Waals surface area contributed by atoms with E-state index in [1.165, 1.54) is 24.5 Å². The molecule has 4 nitrogen and oxygen atoms in total. The Morgan fingerprint density at radius 1 is 1.26 bits per heavy atom. The molecule has 1 N–H and O–H groups in total. The molecule has 0 fully saturated rings. The van der Waals surface area contributed by atoms with E-state index in [1.54, 1.807) is 12.1 Å². The first kappa shape index (κ1) is 17.2. The minimum Gasteiger partial charge on any atom is -0.465 e. The molecule has 0 radical (unpaired) electrons. The molecule has 2 aromatic rings. The normalized spacial score (nSPS) is 10.8. The van der Waals surface area contributed by atoms with Gasteiger partial charge in [-0.25, -0.2) is 4.79 Å². The molecule has 0 atom stereocenters. The largest absolute Gasteiger partial charge is 0.465 e. The van der Waals surface area contributed by atoms with Gasteiger partial charge in [0.2, 0.25) is 5.91 Å². The Labute approximate surface area is 143 Å². The number of ether oxygens (including phenoxy) is 1. The second-order valence-electron chi connectivity index (χ2n) is 4.82. The fourth-order valence-corrected chi connectivity index (χ4v) is 3.24. The standard InChI is InChI=1S/C17H16ClNO3S/c1-10-11(2)23-16(15(10)17(21)22-3)19-14(20)9-8-12-6-4-5-7-13(12)18/h4-9H,1-3H3,(H,19,20). The summed E-state index contributed by atoms with van der Waals surface area (Å²) < 4.78 is 4.78. The van der Waals surface area contributed by atoms with Gasteiger partial charge in [0.25, 0.3) is 0 Å².